The van der Waals surface area contributed by atoms with E-state index in [1.54, 1.807) is 12.1 Å². The number of nitrogens with one attached hydrogen (secondary N) is 2. The Morgan fingerprint density at radius 2 is 1.95 bits per heavy atom. The van der Waals surface area contributed by atoms with Crippen LogP contribution in [0.3, 0.4) is 0 Å². The van der Waals surface area contributed by atoms with Crippen molar-refractivity contribution in [3.63, 3.8) is 0 Å². The van der Waals surface area contributed by atoms with E-state index in [9.17, 15) is 9.18 Å². The summed E-state index contributed by atoms with van der Waals surface area (Å²) in [5, 5.41) is 5.98. The van der Waals surface area contributed by atoms with E-state index < -0.39 is 6.09 Å². The minimum atomic E-state index is -0.418. The summed E-state index contributed by atoms with van der Waals surface area (Å²) >= 11 is 0. The van der Waals surface area contributed by atoms with Crippen LogP contribution in [0.15, 0.2) is 24.3 Å². The van der Waals surface area contributed by atoms with Crippen LogP contribution >= 0.6 is 0 Å². The fraction of sp³-hybridized carbons (Fsp3) is 0.533. The van der Waals surface area contributed by atoms with Crippen molar-refractivity contribution in [2.45, 2.75) is 38.3 Å². The summed E-state index contributed by atoms with van der Waals surface area (Å²) in [6, 6.07) is 6.34. The number of alkyl carbamates (subject to hydrolysis) is 1. The van der Waals surface area contributed by atoms with Gasteiger partial charge in [-0.3, -0.25) is 0 Å². The third kappa shape index (κ3) is 3.93. The highest BCUT2D eigenvalue weighted by molar-refractivity contribution is 5.68. The molecular formula is C15H21FN2O2. The average molecular weight is 280 g/mol. The molecule has 0 spiro atoms. The van der Waals surface area contributed by atoms with E-state index in [2.05, 4.69) is 10.6 Å². The molecule has 0 aromatic heterocycles. The second-order valence-electron chi connectivity index (χ2n) is 6.14. The quantitative estimate of drug-likeness (QED) is 0.874. The molecule has 5 heteroatoms. The largest absolute Gasteiger partial charge is 0.444 e. The normalized spacial score (nSPS) is 22.6. The minimum absolute atomic E-state index is 0.0568. The second kappa shape index (κ2) is 5.79. The van der Waals surface area contributed by atoms with E-state index >= 15 is 0 Å². The first-order chi connectivity index (χ1) is 9.35. The van der Waals surface area contributed by atoms with Crippen LogP contribution in [-0.2, 0) is 4.74 Å². The Morgan fingerprint density at radius 1 is 1.30 bits per heavy atom. The highest BCUT2D eigenvalue weighted by atomic mass is 19.1. The number of amides is 1. The van der Waals surface area contributed by atoms with Crippen LogP contribution in [0.1, 0.15) is 32.3 Å². The molecule has 0 aliphatic carbocycles. The molecule has 1 aromatic rings. The fourth-order valence-corrected chi connectivity index (χ4v) is 2.29. The maximum Gasteiger partial charge on any atom is 0.407 e. The third-order valence-electron chi connectivity index (χ3n) is 3.19. The molecule has 1 heterocycles. The number of hydrogen-bond donors (Lipinski definition) is 2. The van der Waals surface area contributed by atoms with Gasteiger partial charge in [-0.1, -0.05) is 12.1 Å². The van der Waals surface area contributed by atoms with Crippen molar-refractivity contribution in [1.82, 2.24) is 10.6 Å². The van der Waals surface area contributed by atoms with Gasteiger partial charge in [-0.25, -0.2) is 9.18 Å². The molecule has 1 aliphatic rings. The molecule has 110 valence electrons. The summed E-state index contributed by atoms with van der Waals surface area (Å²) in [5.74, 6) is -0.205. The van der Waals surface area contributed by atoms with Crippen molar-refractivity contribution >= 4 is 6.09 Å². The van der Waals surface area contributed by atoms with E-state index in [1.807, 2.05) is 20.8 Å². The third-order valence-corrected chi connectivity index (χ3v) is 3.19. The summed E-state index contributed by atoms with van der Waals surface area (Å²) in [6.45, 7) is 7.04. The van der Waals surface area contributed by atoms with Gasteiger partial charge in [-0.15, -0.1) is 0 Å². The summed E-state index contributed by atoms with van der Waals surface area (Å²) in [7, 11) is 0. The molecule has 1 saturated heterocycles. The monoisotopic (exact) mass is 280 g/mol. The lowest BCUT2D eigenvalue weighted by Crippen LogP contribution is -2.43. The van der Waals surface area contributed by atoms with E-state index in [-0.39, 0.29) is 23.4 Å². The molecule has 2 N–H and O–H groups in total. The van der Waals surface area contributed by atoms with Crippen LogP contribution in [0.2, 0.25) is 0 Å². The lowest BCUT2D eigenvalue weighted by molar-refractivity contribution is 0.0924. The molecule has 4 nitrogen and oxygen atoms in total. The first kappa shape index (κ1) is 14.8. The average Bonchev–Trinajstić information content (AvgIpc) is 2.75. The number of ether oxygens (including phenoxy) is 1. The van der Waals surface area contributed by atoms with Gasteiger partial charge in [0.05, 0.1) is 0 Å². The standard InChI is InChI=1S/C15H21FN2O2/c1-15(2,3)18-14(19)20-13-9-17-8-12(13)10-4-6-11(16)7-5-10/h4-7,12-13,17H,8-9H2,1-3H3,(H,18,19). The number of benzene rings is 1. The van der Waals surface area contributed by atoms with Gasteiger partial charge in [0.25, 0.3) is 0 Å². The highest BCUT2D eigenvalue weighted by Crippen LogP contribution is 2.25. The number of hydrogen-bond acceptors (Lipinski definition) is 3. The zero-order valence-electron chi connectivity index (χ0n) is 12.1. The van der Waals surface area contributed by atoms with Crippen LogP contribution < -0.4 is 10.6 Å². The lowest BCUT2D eigenvalue weighted by atomic mass is 9.96. The Labute approximate surface area is 118 Å². The van der Waals surface area contributed by atoms with E-state index in [1.165, 1.54) is 12.1 Å². The van der Waals surface area contributed by atoms with Crippen LogP contribution in [0.25, 0.3) is 0 Å². The van der Waals surface area contributed by atoms with Crippen molar-refractivity contribution in [3.8, 4) is 0 Å². The first-order valence-corrected chi connectivity index (χ1v) is 6.80. The van der Waals surface area contributed by atoms with Gasteiger partial charge in [0.15, 0.2) is 0 Å². The van der Waals surface area contributed by atoms with E-state index in [4.69, 9.17) is 4.74 Å². The van der Waals surface area contributed by atoms with Crippen molar-refractivity contribution in [3.05, 3.63) is 35.6 Å². The zero-order valence-corrected chi connectivity index (χ0v) is 12.1. The van der Waals surface area contributed by atoms with Gasteiger partial charge in [0, 0.05) is 24.5 Å². The number of carbonyl (C=O) groups is 1. The molecular weight excluding hydrogens is 259 g/mol. The number of rotatable bonds is 2. The minimum Gasteiger partial charge on any atom is -0.444 e. The summed E-state index contributed by atoms with van der Waals surface area (Å²) in [6.07, 6.45) is -0.652. The van der Waals surface area contributed by atoms with Gasteiger partial charge in [0.2, 0.25) is 0 Å². The Hall–Kier alpha value is -1.62. The van der Waals surface area contributed by atoms with Crippen molar-refractivity contribution in [1.29, 1.82) is 0 Å². The maximum atomic E-state index is 13.0. The molecule has 20 heavy (non-hydrogen) atoms. The molecule has 0 saturated carbocycles. The highest BCUT2D eigenvalue weighted by Gasteiger charge is 2.32. The summed E-state index contributed by atoms with van der Waals surface area (Å²) in [4.78, 5) is 11.8. The van der Waals surface area contributed by atoms with Gasteiger partial charge < -0.3 is 15.4 Å². The lowest BCUT2D eigenvalue weighted by Gasteiger charge is -2.24. The van der Waals surface area contributed by atoms with Crippen LogP contribution in [-0.4, -0.2) is 30.8 Å². The first-order valence-electron chi connectivity index (χ1n) is 6.80. The SMILES string of the molecule is CC(C)(C)NC(=O)OC1CNCC1c1ccc(F)cc1. The van der Waals surface area contributed by atoms with Crippen molar-refractivity contribution in [2.24, 2.45) is 0 Å². The molecule has 1 aromatic carbocycles. The molecule has 1 amide bonds. The number of carbonyl (C=O) groups excluding carboxylic acids is 1. The van der Waals surface area contributed by atoms with Gasteiger partial charge in [-0.2, -0.15) is 0 Å². The predicted molar refractivity (Wildman–Crippen MR) is 75.2 cm³/mol. The Kier molecular flexibility index (Phi) is 4.28. The van der Waals surface area contributed by atoms with Crippen molar-refractivity contribution < 1.29 is 13.9 Å². The zero-order chi connectivity index (χ0) is 14.8. The topological polar surface area (TPSA) is 50.4 Å². The van der Waals surface area contributed by atoms with Crippen LogP contribution in [0.4, 0.5) is 9.18 Å². The molecule has 0 bridgehead atoms. The van der Waals surface area contributed by atoms with E-state index in [0.29, 0.717) is 6.54 Å². The molecule has 2 atom stereocenters. The van der Waals surface area contributed by atoms with Gasteiger partial charge in [-0.05, 0) is 38.5 Å². The van der Waals surface area contributed by atoms with Gasteiger partial charge >= 0.3 is 6.09 Å². The smallest absolute Gasteiger partial charge is 0.407 e. The Bertz CT molecular complexity index is 468. The molecule has 0 radical (unpaired) electrons. The van der Waals surface area contributed by atoms with Crippen molar-refractivity contribution in [2.75, 3.05) is 13.1 Å². The Morgan fingerprint density at radius 3 is 2.55 bits per heavy atom. The van der Waals surface area contributed by atoms with Crippen LogP contribution in [0, 0.1) is 5.82 Å². The molecule has 2 rings (SSSR count). The van der Waals surface area contributed by atoms with Gasteiger partial charge in [0.1, 0.15) is 11.9 Å². The van der Waals surface area contributed by atoms with Crippen LogP contribution in [0.5, 0.6) is 0 Å². The molecule has 2 unspecified atom stereocenters. The fourth-order valence-electron chi connectivity index (χ4n) is 2.29. The summed E-state index contributed by atoms with van der Waals surface area (Å²) in [5.41, 5.74) is 0.652. The summed E-state index contributed by atoms with van der Waals surface area (Å²) < 4.78 is 18.4. The predicted octanol–water partition coefficient (Wildman–Crippen LogP) is 2.41. The van der Waals surface area contributed by atoms with E-state index in [0.717, 1.165) is 12.1 Å². The molecule has 1 aliphatic heterocycles. The maximum absolute atomic E-state index is 13.0. The second-order valence-corrected chi connectivity index (χ2v) is 6.14. The number of halogens is 1. The molecule has 1 fully saturated rings. The Balaban J connectivity index is 2.00.